The second-order valence-corrected chi connectivity index (χ2v) is 30.4. The third kappa shape index (κ3) is 17.1. The first-order valence-electron chi connectivity index (χ1n) is 32.5. The summed E-state index contributed by atoms with van der Waals surface area (Å²) in [6, 6.07) is 29.6. The molecule has 12 heterocycles. The van der Waals surface area contributed by atoms with Gasteiger partial charge in [0.05, 0.1) is 103 Å². The van der Waals surface area contributed by atoms with Crippen molar-refractivity contribution >= 4 is 141 Å². The Kier molecular flexibility index (Phi) is 25.3. The number of aliphatic carboxylic acids is 1. The van der Waals surface area contributed by atoms with Crippen LogP contribution in [0.4, 0.5) is 0 Å². The summed E-state index contributed by atoms with van der Waals surface area (Å²) >= 11 is 11.5. The number of carboxylic acids is 1. The average Bonchev–Trinajstić information content (AvgIpc) is 1.63. The largest absolute Gasteiger partial charge is 0.493 e. The lowest BCUT2D eigenvalue weighted by molar-refractivity contribution is -0.134. The van der Waals surface area contributed by atoms with E-state index in [0.29, 0.717) is 153 Å². The number of aromatic nitrogens is 12. The molecule has 0 bridgehead atoms. The normalized spacial score (nSPS) is 11.7. The van der Waals surface area contributed by atoms with Crippen molar-refractivity contribution in [1.82, 2.24) is 58.4 Å². The van der Waals surface area contributed by atoms with Crippen LogP contribution < -0.4 is 97.2 Å². The fourth-order valence-corrected chi connectivity index (χ4v) is 17.2. The smallest absolute Gasteiger partial charge is 0.300 e. The van der Waals surface area contributed by atoms with Gasteiger partial charge in [-0.3, -0.25) is 24.0 Å². The zero-order valence-corrected chi connectivity index (χ0v) is 67.9. The summed E-state index contributed by atoms with van der Waals surface area (Å²) in [5.74, 6) is 6.78. The van der Waals surface area contributed by atoms with Crippen molar-refractivity contribution in [2.75, 3.05) is 85.3 Å². The first-order valence-corrected chi connectivity index (χ1v) is 39.3. The molecule has 16 rings (SSSR count). The summed E-state index contributed by atoms with van der Waals surface area (Å²) in [6.45, 7) is 1.08. The van der Waals surface area contributed by atoms with Gasteiger partial charge >= 0.3 is 0 Å². The summed E-state index contributed by atoms with van der Waals surface area (Å²) in [4.78, 5) is 83.7. The van der Waals surface area contributed by atoms with E-state index in [2.05, 4.69) is 40.3 Å². The summed E-state index contributed by atoms with van der Waals surface area (Å²) < 4.78 is 72.0. The number of carboxylic acid groups (broad SMARTS) is 1. The van der Waals surface area contributed by atoms with E-state index < -0.39 is 5.97 Å². The number of ether oxygens (including phenoxy) is 12. The van der Waals surface area contributed by atoms with Gasteiger partial charge in [0.25, 0.3) is 28.2 Å². The number of carbonyl (C=O) groups is 1. The quantitative estimate of drug-likeness (QED) is 0.0741. The van der Waals surface area contributed by atoms with E-state index in [9.17, 15) is 19.2 Å². The van der Waals surface area contributed by atoms with Crippen LogP contribution in [-0.4, -0.2) is 155 Å². The Morgan fingerprint density at radius 2 is 0.500 bits per heavy atom. The Bertz CT molecular complexity index is 5640. The summed E-state index contributed by atoms with van der Waals surface area (Å²) in [6.07, 6.45) is 7.42. The molecule has 16 aromatic rings. The topological polar surface area (TPSA) is 337 Å². The van der Waals surface area contributed by atoms with E-state index in [1.165, 1.54) is 63.4 Å². The van der Waals surface area contributed by atoms with E-state index in [4.69, 9.17) is 66.7 Å². The van der Waals surface area contributed by atoms with Gasteiger partial charge < -0.3 is 61.9 Å². The van der Waals surface area contributed by atoms with Crippen molar-refractivity contribution in [3.63, 3.8) is 0 Å². The summed E-state index contributed by atoms with van der Waals surface area (Å²) in [5.41, 5.74) is 1.94. The van der Waals surface area contributed by atoms with Crippen LogP contribution in [0.1, 0.15) is 26.4 Å². The molecule has 576 valence electrons. The molecule has 0 aliphatic carbocycles. The number of thiophene rings is 4. The lowest BCUT2D eigenvalue weighted by Gasteiger charge is -2.12. The molecule has 112 heavy (non-hydrogen) atoms. The van der Waals surface area contributed by atoms with E-state index in [1.807, 2.05) is 94.4 Å². The molecular weight excluding hydrogens is 1600 g/mol. The fourth-order valence-electron chi connectivity index (χ4n) is 10.7. The van der Waals surface area contributed by atoms with Crippen LogP contribution >= 0.6 is 90.7 Å². The standard InChI is InChI=1S/4C18H15N3O4S2.C2H4O2/c4*1-23-12-7-10(8-13(24-2)15(12)25-3)16-19-18-21(20-16)17(22)14(27-18)9-11-5-4-6-26-11;1-2(3)4/h4*4-9H,1-3H3;1H3,(H,3,4)/b4*14-9-;. The van der Waals surface area contributed by atoms with Gasteiger partial charge in [0.1, 0.15) is 0 Å². The van der Waals surface area contributed by atoms with Crippen molar-refractivity contribution in [2.24, 2.45) is 0 Å². The molecule has 0 unspecified atom stereocenters. The van der Waals surface area contributed by atoms with Crippen LogP contribution in [0.5, 0.6) is 69.0 Å². The minimum absolute atomic E-state index is 0.186. The molecule has 4 aromatic carbocycles. The van der Waals surface area contributed by atoms with Crippen molar-refractivity contribution in [3.8, 4) is 115 Å². The van der Waals surface area contributed by atoms with Gasteiger partial charge in [-0.15, -0.1) is 65.7 Å². The van der Waals surface area contributed by atoms with Crippen molar-refractivity contribution in [1.29, 1.82) is 0 Å². The predicted molar refractivity (Wildman–Crippen MR) is 435 cm³/mol. The first-order chi connectivity index (χ1) is 54.3. The van der Waals surface area contributed by atoms with Crippen LogP contribution in [0.15, 0.2) is 138 Å². The Morgan fingerprint density at radius 1 is 0.321 bits per heavy atom. The number of thiazole rings is 4. The third-order valence-corrected chi connectivity index (χ3v) is 22.8. The molecule has 0 aliphatic heterocycles. The highest BCUT2D eigenvalue weighted by atomic mass is 32.1. The van der Waals surface area contributed by atoms with Crippen LogP contribution in [0.3, 0.4) is 0 Å². The molecule has 0 radical (unpaired) electrons. The number of fused-ring (bicyclic) bond motifs is 4. The van der Waals surface area contributed by atoms with E-state index in [-0.39, 0.29) is 22.2 Å². The van der Waals surface area contributed by atoms with E-state index >= 15 is 0 Å². The Hall–Kier alpha value is -12.2. The molecule has 12 aromatic heterocycles. The van der Waals surface area contributed by atoms with Gasteiger partial charge in [-0.2, -0.15) is 38.0 Å². The lowest BCUT2D eigenvalue weighted by Crippen LogP contribution is -2.23. The number of hydrogen-bond donors (Lipinski definition) is 1. The highest BCUT2D eigenvalue weighted by Gasteiger charge is 2.24. The van der Waals surface area contributed by atoms with Gasteiger partial charge in [-0.05, 0) is 119 Å². The molecule has 0 atom stereocenters. The van der Waals surface area contributed by atoms with Crippen LogP contribution in [0.25, 0.3) is 89.7 Å². The minimum atomic E-state index is -0.833. The molecule has 38 heteroatoms. The molecule has 0 aliphatic rings. The van der Waals surface area contributed by atoms with Crippen LogP contribution in [-0.2, 0) is 4.79 Å². The monoisotopic (exact) mass is 1660 g/mol. The van der Waals surface area contributed by atoms with Gasteiger partial charge in [-0.1, -0.05) is 69.6 Å². The second kappa shape index (κ2) is 35.7. The lowest BCUT2D eigenvalue weighted by atomic mass is 10.1. The predicted octanol–water partition coefficient (Wildman–Crippen LogP) is 9.90. The highest BCUT2D eigenvalue weighted by Crippen LogP contribution is 2.44. The van der Waals surface area contributed by atoms with Crippen LogP contribution in [0.2, 0.25) is 0 Å². The Labute approximate surface area is 665 Å². The molecule has 0 saturated carbocycles. The molecule has 1 N–H and O–H groups in total. The number of nitrogens with zero attached hydrogens (tertiary/aromatic N) is 12. The number of rotatable bonds is 20. The highest BCUT2D eigenvalue weighted by molar-refractivity contribution is 7.17. The first kappa shape index (κ1) is 79.4. The fraction of sp³-hybridized carbons (Fsp3) is 0.176. The summed E-state index contributed by atoms with van der Waals surface area (Å²) in [5, 5.41) is 32.8. The minimum Gasteiger partial charge on any atom is -0.493 e. The molecule has 0 fully saturated rings. The average molecular weight is 1670 g/mol. The molecular formula is C74H64N12O18S8. The SMILES string of the molecule is CC(=O)O.COc1cc(-c2nc3s/c(=C\c4cccs4)c(=O)n3n2)cc(OC)c1OC.COc1cc(-c2nc3s/c(=C\c4cccs4)c(=O)n3n2)cc(OC)c1OC.COc1cc(-c2nc3s/c(=C\c4cccs4)c(=O)n3n2)cc(OC)c1OC.COc1cc(-c2nc3s/c(=C\c4cccs4)c(=O)n3n2)cc(OC)c1OC. The molecule has 0 saturated heterocycles. The zero-order valence-electron chi connectivity index (χ0n) is 61.4. The van der Waals surface area contributed by atoms with E-state index in [1.54, 1.807) is 179 Å². The molecule has 30 nitrogen and oxygen atoms in total. The van der Waals surface area contributed by atoms with Gasteiger partial charge in [-0.25, -0.2) is 0 Å². The van der Waals surface area contributed by atoms with Gasteiger partial charge in [0.2, 0.25) is 42.8 Å². The van der Waals surface area contributed by atoms with Crippen molar-refractivity contribution < 1.29 is 66.7 Å². The zero-order chi connectivity index (χ0) is 79.4. The number of methoxy groups -OCH3 is 12. The van der Waals surface area contributed by atoms with Crippen molar-refractivity contribution in [3.05, 3.63) is 198 Å². The number of benzene rings is 4. The van der Waals surface area contributed by atoms with Gasteiger partial charge in [0, 0.05) is 48.7 Å². The maximum atomic E-state index is 12.6. The van der Waals surface area contributed by atoms with Crippen molar-refractivity contribution in [2.45, 2.75) is 6.92 Å². The van der Waals surface area contributed by atoms with E-state index in [0.717, 1.165) is 26.4 Å². The Morgan fingerprint density at radius 3 is 0.634 bits per heavy atom. The van der Waals surface area contributed by atoms with Crippen LogP contribution in [0, 0.1) is 0 Å². The maximum absolute atomic E-state index is 12.6. The second-order valence-electron chi connectivity index (χ2n) is 22.4. The molecule has 0 spiro atoms. The Balaban J connectivity index is 0.000000136. The molecule has 0 amide bonds. The maximum Gasteiger partial charge on any atom is 0.300 e. The van der Waals surface area contributed by atoms with Gasteiger partial charge in [0.15, 0.2) is 69.3 Å². The number of hydrogen-bond acceptors (Lipinski definition) is 33. The summed E-state index contributed by atoms with van der Waals surface area (Å²) in [7, 11) is 18.5. The third-order valence-electron chi connectivity index (χ3n) is 15.7.